The van der Waals surface area contributed by atoms with Crippen molar-refractivity contribution in [1.29, 1.82) is 0 Å². The number of alkyl halides is 3. The molecule has 0 saturated carbocycles. The number of hydrogen-bond donors (Lipinski definition) is 1. The van der Waals surface area contributed by atoms with Gasteiger partial charge in [0.15, 0.2) is 5.01 Å². The monoisotopic (exact) mass is 388 g/mol. The largest absolute Gasteiger partial charge is 0.478 e. The minimum absolute atomic E-state index is 0.0617. The van der Waals surface area contributed by atoms with E-state index in [0.717, 1.165) is 5.38 Å². The standard InChI is InChI=1S/C15H15F3N4O3S/c1-8-10(13(24)25)6-19-22(8)9-2-4-21(5-3-9)12(23)11-7-26-14(20-11)15(16,17)18/h6-7,9H,2-5H2,1H3,(H,24,25). The summed E-state index contributed by atoms with van der Waals surface area (Å²) >= 11 is 0.400. The van der Waals surface area contributed by atoms with Gasteiger partial charge in [0.1, 0.15) is 11.3 Å². The number of hydrogen-bond acceptors (Lipinski definition) is 5. The second-order valence-corrected chi connectivity index (χ2v) is 6.81. The van der Waals surface area contributed by atoms with Gasteiger partial charge in [0.05, 0.1) is 17.9 Å². The fourth-order valence-electron chi connectivity index (χ4n) is 2.98. The topological polar surface area (TPSA) is 88.3 Å². The van der Waals surface area contributed by atoms with E-state index in [-0.39, 0.29) is 17.3 Å². The lowest BCUT2D eigenvalue weighted by atomic mass is 10.0. The van der Waals surface area contributed by atoms with Crippen LogP contribution < -0.4 is 0 Å². The number of carbonyl (C=O) groups excluding carboxylic acids is 1. The molecular weight excluding hydrogens is 373 g/mol. The van der Waals surface area contributed by atoms with Crippen LogP contribution in [0, 0.1) is 6.92 Å². The van der Waals surface area contributed by atoms with Crippen LogP contribution in [-0.2, 0) is 6.18 Å². The maximum Gasteiger partial charge on any atom is 0.443 e. The Bertz CT molecular complexity index is 838. The molecule has 1 saturated heterocycles. The quantitative estimate of drug-likeness (QED) is 0.874. The third kappa shape index (κ3) is 3.43. The van der Waals surface area contributed by atoms with Crippen LogP contribution in [0.2, 0.25) is 0 Å². The SMILES string of the molecule is Cc1c(C(=O)O)cnn1C1CCN(C(=O)c2csc(C(F)(F)F)n2)CC1. The highest BCUT2D eigenvalue weighted by Crippen LogP contribution is 2.32. The Morgan fingerprint density at radius 1 is 1.31 bits per heavy atom. The molecular formula is C15H15F3N4O3S. The van der Waals surface area contributed by atoms with E-state index in [1.807, 2.05) is 0 Å². The maximum atomic E-state index is 12.6. The lowest BCUT2D eigenvalue weighted by molar-refractivity contribution is -0.137. The first kappa shape index (κ1) is 18.4. The van der Waals surface area contributed by atoms with Crippen LogP contribution in [0.3, 0.4) is 0 Å². The second kappa shape index (κ2) is 6.71. The van der Waals surface area contributed by atoms with E-state index in [4.69, 9.17) is 5.11 Å². The van der Waals surface area contributed by atoms with Gasteiger partial charge in [0.2, 0.25) is 0 Å². The van der Waals surface area contributed by atoms with Gasteiger partial charge < -0.3 is 10.0 Å². The number of carboxylic acid groups (broad SMARTS) is 1. The van der Waals surface area contributed by atoms with Crippen molar-refractivity contribution >= 4 is 23.2 Å². The molecule has 0 spiro atoms. The molecule has 1 amide bonds. The van der Waals surface area contributed by atoms with E-state index in [2.05, 4.69) is 10.1 Å². The van der Waals surface area contributed by atoms with Crippen LogP contribution in [0.4, 0.5) is 13.2 Å². The van der Waals surface area contributed by atoms with Crippen LogP contribution in [0.1, 0.15) is 50.4 Å². The summed E-state index contributed by atoms with van der Waals surface area (Å²) in [7, 11) is 0. The molecule has 1 N–H and O–H groups in total. The zero-order valence-electron chi connectivity index (χ0n) is 13.7. The number of carboxylic acids is 1. The van der Waals surface area contributed by atoms with Crippen molar-refractivity contribution < 1.29 is 27.9 Å². The van der Waals surface area contributed by atoms with Crippen molar-refractivity contribution in [3.63, 3.8) is 0 Å². The molecule has 0 radical (unpaired) electrons. The molecule has 3 heterocycles. The molecule has 26 heavy (non-hydrogen) atoms. The molecule has 0 atom stereocenters. The number of thiazole rings is 1. The van der Waals surface area contributed by atoms with Crippen molar-refractivity contribution in [3.05, 3.63) is 33.5 Å². The molecule has 1 fully saturated rings. The average Bonchev–Trinajstić information content (AvgIpc) is 3.21. The van der Waals surface area contributed by atoms with Crippen LogP contribution >= 0.6 is 11.3 Å². The Labute approximate surface area is 150 Å². The van der Waals surface area contributed by atoms with E-state index in [0.29, 0.717) is 43.0 Å². The summed E-state index contributed by atoms with van der Waals surface area (Å²) in [5.41, 5.74) is 0.464. The van der Waals surface area contributed by atoms with Gasteiger partial charge in [-0.2, -0.15) is 18.3 Å². The number of amides is 1. The normalized spacial score (nSPS) is 16.1. The van der Waals surface area contributed by atoms with E-state index in [1.165, 1.54) is 11.1 Å². The van der Waals surface area contributed by atoms with Crippen LogP contribution in [-0.4, -0.2) is 49.7 Å². The Kier molecular flexibility index (Phi) is 4.74. The highest BCUT2D eigenvalue weighted by Gasteiger charge is 2.36. The Balaban J connectivity index is 1.66. The van der Waals surface area contributed by atoms with Gasteiger partial charge >= 0.3 is 12.1 Å². The molecule has 140 valence electrons. The first-order valence-corrected chi connectivity index (χ1v) is 8.66. The van der Waals surface area contributed by atoms with Gasteiger partial charge in [-0.1, -0.05) is 0 Å². The third-order valence-corrected chi connectivity index (χ3v) is 5.23. The molecule has 1 aliphatic rings. The predicted octanol–water partition coefficient (Wildman–Crippen LogP) is 2.84. The summed E-state index contributed by atoms with van der Waals surface area (Å²) in [5, 5.41) is 13.3. The summed E-state index contributed by atoms with van der Waals surface area (Å²) in [4.78, 5) is 28.3. The minimum Gasteiger partial charge on any atom is -0.478 e. The zero-order valence-corrected chi connectivity index (χ0v) is 14.5. The summed E-state index contributed by atoms with van der Waals surface area (Å²) in [6.45, 7) is 2.34. The van der Waals surface area contributed by atoms with Crippen molar-refractivity contribution in [2.45, 2.75) is 32.0 Å². The van der Waals surface area contributed by atoms with Crippen LogP contribution in [0.25, 0.3) is 0 Å². The van der Waals surface area contributed by atoms with Crippen LogP contribution in [0.15, 0.2) is 11.6 Å². The highest BCUT2D eigenvalue weighted by molar-refractivity contribution is 7.09. The van der Waals surface area contributed by atoms with E-state index in [1.54, 1.807) is 11.6 Å². The first-order valence-electron chi connectivity index (χ1n) is 7.78. The summed E-state index contributed by atoms with van der Waals surface area (Å²) in [6.07, 6.45) is -2.20. The van der Waals surface area contributed by atoms with Gasteiger partial charge in [-0.15, -0.1) is 11.3 Å². The fraction of sp³-hybridized carbons (Fsp3) is 0.467. The molecule has 1 aliphatic heterocycles. The molecule has 0 aliphatic carbocycles. The summed E-state index contributed by atoms with van der Waals surface area (Å²) < 4.78 is 39.5. The minimum atomic E-state index is -4.56. The van der Waals surface area contributed by atoms with Gasteiger partial charge in [-0.3, -0.25) is 9.48 Å². The lowest BCUT2D eigenvalue weighted by Crippen LogP contribution is -2.39. The van der Waals surface area contributed by atoms with Gasteiger partial charge in [-0.05, 0) is 19.8 Å². The van der Waals surface area contributed by atoms with Crippen molar-refractivity contribution in [2.75, 3.05) is 13.1 Å². The molecule has 0 bridgehead atoms. The lowest BCUT2D eigenvalue weighted by Gasteiger charge is -2.32. The van der Waals surface area contributed by atoms with Crippen LogP contribution in [0.5, 0.6) is 0 Å². The van der Waals surface area contributed by atoms with Gasteiger partial charge in [0, 0.05) is 18.5 Å². The number of carbonyl (C=O) groups is 2. The number of aromatic nitrogens is 3. The van der Waals surface area contributed by atoms with Gasteiger partial charge in [0.25, 0.3) is 5.91 Å². The Morgan fingerprint density at radius 3 is 2.46 bits per heavy atom. The van der Waals surface area contributed by atoms with E-state index >= 15 is 0 Å². The number of rotatable bonds is 3. The molecule has 7 nitrogen and oxygen atoms in total. The fourth-order valence-corrected chi connectivity index (χ4v) is 3.64. The van der Waals surface area contributed by atoms with E-state index < -0.39 is 23.1 Å². The van der Waals surface area contributed by atoms with Crippen molar-refractivity contribution in [2.24, 2.45) is 0 Å². The molecule has 3 rings (SSSR count). The highest BCUT2D eigenvalue weighted by atomic mass is 32.1. The zero-order chi connectivity index (χ0) is 19.1. The number of likely N-dealkylation sites (tertiary alicyclic amines) is 1. The van der Waals surface area contributed by atoms with Crippen molar-refractivity contribution in [1.82, 2.24) is 19.7 Å². The Hall–Kier alpha value is -2.43. The smallest absolute Gasteiger partial charge is 0.443 e. The Morgan fingerprint density at radius 2 is 1.96 bits per heavy atom. The number of halogens is 3. The second-order valence-electron chi connectivity index (χ2n) is 5.95. The average molecular weight is 388 g/mol. The molecule has 11 heteroatoms. The number of nitrogens with zero attached hydrogens (tertiary/aromatic N) is 4. The summed E-state index contributed by atoms with van der Waals surface area (Å²) in [6, 6.07) is -0.0617. The number of piperidine rings is 1. The molecule has 0 aromatic carbocycles. The molecule has 2 aromatic rings. The maximum absolute atomic E-state index is 12.6. The molecule has 2 aromatic heterocycles. The molecule has 0 unspecified atom stereocenters. The first-order chi connectivity index (χ1) is 12.2. The van der Waals surface area contributed by atoms with E-state index in [9.17, 15) is 22.8 Å². The van der Waals surface area contributed by atoms with Crippen molar-refractivity contribution in [3.8, 4) is 0 Å². The number of aromatic carboxylic acids is 1. The predicted molar refractivity (Wildman–Crippen MR) is 85.2 cm³/mol. The summed E-state index contributed by atoms with van der Waals surface area (Å²) in [5.74, 6) is -1.58. The third-order valence-electron chi connectivity index (χ3n) is 4.34. The van der Waals surface area contributed by atoms with Gasteiger partial charge in [-0.25, -0.2) is 9.78 Å².